The van der Waals surface area contributed by atoms with Gasteiger partial charge in [0.05, 0.1) is 18.7 Å². The molecule has 5 heteroatoms. The average Bonchev–Trinajstić information content (AvgIpc) is 2.48. The van der Waals surface area contributed by atoms with Crippen LogP contribution in [-0.2, 0) is 11.3 Å². The smallest absolute Gasteiger partial charge is 0.228 e. The lowest BCUT2D eigenvalue weighted by atomic mass is 10.3. The highest BCUT2D eigenvalue weighted by atomic mass is 16.5. The fourth-order valence-electron chi connectivity index (χ4n) is 1.65. The first-order valence-corrected chi connectivity index (χ1v) is 6.41. The molecule has 0 fully saturated rings. The molecule has 20 heavy (non-hydrogen) atoms. The minimum atomic E-state index is -0.136. The highest BCUT2D eigenvalue weighted by molar-refractivity contribution is 5.89. The maximum absolute atomic E-state index is 11.7. The van der Waals surface area contributed by atoms with Crippen molar-refractivity contribution < 1.29 is 9.53 Å². The van der Waals surface area contributed by atoms with Gasteiger partial charge in [0.15, 0.2) is 0 Å². The molecule has 2 aromatic rings. The normalized spacial score (nSPS) is 10.1. The summed E-state index contributed by atoms with van der Waals surface area (Å²) in [7, 11) is 0. The zero-order chi connectivity index (χ0) is 14.2. The van der Waals surface area contributed by atoms with E-state index in [-0.39, 0.29) is 12.3 Å². The van der Waals surface area contributed by atoms with Crippen molar-refractivity contribution >= 4 is 11.7 Å². The fourth-order valence-corrected chi connectivity index (χ4v) is 1.65. The number of amides is 1. The van der Waals surface area contributed by atoms with E-state index < -0.39 is 0 Å². The Morgan fingerprint density at radius 3 is 2.70 bits per heavy atom. The summed E-state index contributed by atoms with van der Waals surface area (Å²) in [5, 5.41) is 2.72. The number of nitrogens with zero attached hydrogens (tertiary/aromatic N) is 1. The molecule has 1 amide bonds. The number of pyridine rings is 1. The van der Waals surface area contributed by atoms with Crippen molar-refractivity contribution in [3.63, 3.8) is 0 Å². The van der Waals surface area contributed by atoms with Crippen LogP contribution in [-0.4, -0.2) is 17.5 Å². The lowest BCUT2D eigenvalue weighted by molar-refractivity contribution is -0.116. The first-order valence-electron chi connectivity index (χ1n) is 6.41. The van der Waals surface area contributed by atoms with Gasteiger partial charge in [-0.15, -0.1) is 0 Å². The molecule has 1 heterocycles. The molecule has 0 atom stereocenters. The van der Waals surface area contributed by atoms with E-state index in [1.54, 1.807) is 6.07 Å². The molecule has 1 aromatic carbocycles. The quantitative estimate of drug-likeness (QED) is 0.841. The predicted molar refractivity (Wildman–Crippen MR) is 77.3 cm³/mol. The summed E-state index contributed by atoms with van der Waals surface area (Å²) in [6.07, 6.45) is 0.267. The molecule has 1 aromatic heterocycles. The first kappa shape index (κ1) is 14.0. The van der Waals surface area contributed by atoms with Crippen LogP contribution in [0.15, 0.2) is 48.5 Å². The first-order chi connectivity index (χ1) is 9.78. The van der Waals surface area contributed by atoms with Crippen LogP contribution in [0.3, 0.4) is 0 Å². The molecule has 0 spiro atoms. The van der Waals surface area contributed by atoms with Gasteiger partial charge in [-0.1, -0.05) is 24.3 Å². The van der Waals surface area contributed by atoms with Crippen LogP contribution < -0.4 is 15.8 Å². The molecule has 0 bridgehead atoms. The summed E-state index contributed by atoms with van der Waals surface area (Å²) in [5.41, 5.74) is 6.24. The summed E-state index contributed by atoms with van der Waals surface area (Å²) in [6, 6.07) is 14.7. The zero-order valence-electron chi connectivity index (χ0n) is 11.1. The Kier molecular flexibility index (Phi) is 5.08. The number of anilines is 1. The molecule has 0 unspecified atom stereocenters. The van der Waals surface area contributed by atoms with E-state index in [0.717, 1.165) is 11.4 Å². The third-order valence-corrected chi connectivity index (χ3v) is 2.62. The monoisotopic (exact) mass is 271 g/mol. The largest absolute Gasteiger partial charge is 0.493 e. The fraction of sp³-hybridized carbons (Fsp3) is 0.200. The maximum atomic E-state index is 11.7. The summed E-state index contributed by atoms with van der Waals surface area (Å²) >= 11 is 0. The molecule has 2 rings (SSSR count). The van der Waals surface area contributed by atoms with Crippen LogP contribution in [0, 0.1) is 0 Å². The highest BCUT2D eigenvalue weighted by Crippen LogP contribution is 2.09. The van der Waals surface area contributed by atoms with E-state index in [1.807, 2.05) is 42.5 Å². The number of carbonyl (C=O) groups excluding carboxylic acids is 1. The molecule has 0 aliphatic heterocycles. The number of para-hydroxylation sites is 1. The number of aromatic nitrogens is 1. The van der Waals surface area contributed by atoms with Crippen LogP contribution in [0.5, 0.6) is 5.75 Å². The molecule has 0 saturated heterocycles. The molecule has 0 aliphatic carbocycles. The number of benzene rings is 1. The molecule has 104 valence electrons. The molecule has 3 N–H and O–H groups in total. The summed E-state index contributed by atoms with van der Waals surface area (Å²) in [6.45, 7) is 0.674. The number of hydrogen-bond acceptors (Lipinski definition) is 4. The van der Waals surface area contributed by atoms with Gasteiger partial charge in [-0.3, -0.25) is 4.79 Å². The molecule has 0 aliphatic rings. The molecule has 0 saturated carbocycles. The van der Waals surface area contributed by atoms with Crippen molar-refractivity contribution in [3.8, 4) is 5.75 Å². The number of nitrogens with one attached hydrogen (secondary N) is 1. The second-order valence-corrected chi connectivity index (χ2v) is 4.18. The Bertz CT molecular complexity index is 558. The lowest BCUT2D eigenvalue weighted by Gasteiger charge is -2.07. The Balaban J connectivity index is 1.77. The van der Waals surface area contributed by atoms with Crippen LogP contribution >= 0.6 is 0 Å². The summed E-state index contributed by atoms with van der Waals surface area (Å²) < 4.78 is 5.46. The molecule has 5 nitrogen and oxygen atoms in total. The van der Waals surface area contributed by atoms with E-state index in [1.165, 1.54) is 0 Å². The van der Waals surface area contributed by atoms with E-state index in [2.05, 4.69) is 10.3 Å². The van der Waals surface area contributed by atoms with E-state index in [4.69, 9.17) is 10.5 Å². The number of ether oxygens (including phenoxy) is 1. The molecule has 0 radical (unpaired) electrons. The maximum Gasteiger partial charge on any atom is 0.228 e. The van der Waals surface area contributed by atoms with Crippen molar-refractivity contribution in [2.45, 2.75) is 13.0 Å². The minimum absolute atomic E-state index is 0.136. The third kappa shape index (κ3) is 4.37. The van der Waals surface area contributed by atoms with Crippen LogP contribution in [0.2, 0.25) is 0 Å². The van der Waals surface area contributed by atoms with Crippen LogP contribution in [0.25, 0.3) is 0 Å². The van der Waals surface area contributed by atoms with Gasteiger partial charge in [0.1, 0.15) is 11.6 Å². The highest BCUT2D eigenvalue weighted by Gasteiger charge is 2.04. The average molecular weight is 271 g/mol. The second kappa shape index (κ2) is 7.25. The van der Waals surface area contributed by atoms with E-state index in [9.17, 15) is 4.79 Å². The molecular formula is C15H17N3O2. The van der Waals surface area contributed by atoms with Gasteiger partial charge in [-0.05, 0) is 24.3 Å². The summed E-state index contributed by atoms with van der Waals surface area (Å²) in [5.74, 6) is 1.13. The van der Waals surface area contributed by atoms with Crippen LogP contribution in [0.4, 0.5) is 5.82 Å². The summed E-state index contributed by atoms with van der Waals surface area (Å²) in [4.78, 5) is 15.9. The standard InChI is InChI=1S/C15H17N3O2/c16-11-12-5-4-8-14(17-12)18-15(19)9-10-20-13-6-2-1-3-7-13/h1-8H,9-11,16H2,(H,17,18,19). The Morgan fingerprint density at radius 1 is 1.15 bits per heavy atom. The van der Waals surface area contributed by atoms with Crippen molar-refractivity contribution in [2.24, 2.45) is 5.73 Å². The predicted octanol–water partition coefficient (Wildman–Crippen LogP) is 1.95. The number of carbonyl (C=O) groups is 1. The van der Waals surface area contributed by atoms with Gasteiger partial charge < -0.3 is 15.8 Å². The lowest BCUT2D eigenvalue weighted by Crippen LogP contribution is -2.16. The van der Waals surface area contributed by atoms with Crippen molar-refractivity contribution in [1.29, 1.82) is 0 Å². The molecular weight excluding hydrogens is 254 g/mol. The van der Waals surface area contributed by atoms with E-state index >= 15 is 0 Å². The van der Waals surface area contributed by atoms with Gasteiger partial charge in [-0.25, -0.2) is 4.98 Å². The van der Waals surface area contributed by atoms with Gasteiger partial charge in [0.25, 0.3) is 0 Å². The Morgan fingerprint density at radius 2 is 1.95 bits per heavy atom. The Labute approximate surface area is 117 Å². The van der Waals surface area contributed by atoms with Gasteiger partial charge in [0.2, 0.25) is 5.91 Å². The second-order valence-electron chi connectivity index (χ2n) is 4.18. The zero-order valence-corrected chi connectivity index (χ0v) is 11.1. The van der Waals surface area contributed by atoms with Crippen molar-refractivity contribution in [3.05, 3.63) is 54.2 Å². The number of rotatable bonds is 6. The minimum Gasteiger partial charge on any atom is -0.493 e. The van der Waals surface area contributed by atoms with Gasteiger partial charge in [-0.2, -0.15) is 0 Å². The van der Waals surface area contributed by atoms with Crippen LogP contribution in [0.1, 0.15) is 12.1 Å². The SMILES string of the molecule is NCc1cccc(NC(=O)CCOc2ccccc2)n1. The Hall–Kier alpha value is -2.40. The topological polar surface area (TPSA) is 77.2 Å². The van der Waals surface area contributed by atoms with Gasteiger partial charge >= 0.3 is 0 Å². The van der Waals surface area contributed by atoms with Crippen molar-refractivity contribution in [1.82, 2.24) is 4.98 Å². The third-order valence-electron chi connectivity index (χ3n) is 2.62. The van der Waals surface area contributed by atoms with E-state index in [0.29, 0.717) is 19.0 Å². The van der Waals surface area contributed by atoms with Crippen molar-refractivity contribution in [2.75, 3.05) is 11.9 Å². The number of nitrogens with two attached hydrogens (primary N) is 1. The number of hydrogen-bond donors (Lipinski definition) is 2. The van der Waals surface area contributed by atoms with Gasteiger partial charge in [0, 0.05) is 6.54 Å².